The molecule has 7 nitrogen and oxygen atoms in total. The molecule has 1 aliphatic rings. The van der Waals surface area contributed by atoms with Gasteiger partial charge in [-0.05, 0) is 46.1 Å². The van der Waals surface area contributed by atoms with E-state index in [-0.39, 0.29) is 36.2 Å². The van der Waals surface area contributed by atoms with Crippen LogP contribution in [-0.4, -0.2) is 62.9 Å². The number of nitrogens with one attached hydrogen (secondary N) is 2. The van der Waals surface area contributed by atoms with Crippen LogP contribution < -0.4 is 10.6 Å². The molecule has 176 valence electrons. The number of carbonyl (C=O) groups excluding carboxylic acids is 1. The van der Waals surface area contributed by atoms with Crippen LogP contribution in [0.4, 0.5) is 4.79 Å². The van der Waals surface area contributed by atoms with Crippen molar-refractivity contribution >= 4 is 36.0 Å². The summed E-state index contributed by atoms with van der Waals surface area (Å²) in [6.45, 7) is 10.4. The van der Waals surface area contributed by atoms with Gasteiger partial charge in [-0.25, -0.2) is 4.79 Å². The number of likely N-dealkylation sites (N-methyl/N-ethyl adjacent to an activating group) is 1. The first-order valence-corrected chi connectivity index (χ1v) is 10.8. The van der Waals surface area contributed by atoms with Crippen LogP contribution in [0.5, 0.6) is 0 Å². The van der Waals surface area contributed by atoms with Gasteiger partial charge in [-0.2, -0.15) is 0 Å². The summed E-state index contributed by atoms with van der Waals surface area (Å²) in [7, 11) is 3.49. The summed E-state index contributed by atoms with van der Waals surface area (Å²) >= 11 is 0. The van der Waals surface area contributed by atoms with Gasteiger partial charge < -0.3 is 25.0 Å². The third-order valence-corrected chi connectivity index (χ3v) is 5.05. The summed E-state index contributed by atoms with van der Waals surface area (Å²) < 4.78 is 11.5. The van der Waals surface area contributed by atoms with Crippen LogP contribution in [0.1, 0.15) is 50.8 Å². The van der Waals surface area contributed by atoms with E-state index in [1.165, 1.54) is 11.1 Å². The monoisotopic (exact) mass is 546 g/mol. The number of aryl methyl sites for hydroxylation is 1. The van der Waals surface area contributed by atoms with Crippen LogP contribution >= 0.6 is 24.0 Å². The number of hydrogen-bond donors (Lipinski definition) is 2. The molecular weight excluding hydrogens is 507 g/mol. The molecule has 0 aromatic heterocycles. The van der Waals surface area contributed by atoms with E-state index >= 15 is 0 Å². The van der Waals surface area contributed by atoms with Crippen molar-refractivity contribution in [3.63, 3.8) is 0 Å². The molecule has 8 heteroatoms. The van der Waals surface area contributed by atoms with E-state index in [9.17, 15) is 4.79 Å². The van der Waals surface area contributed by atoms with Gasteiger partial charge in [0.25, 0.3) is 0 Å². The van der Waals surface area contributed by atoms with Gasteiger partial charge in [0.05, 0.1) is 6.10 Å². The minimum atomic E-state index is -0.494. The predicted octanol–water partition coefficient (Wildman–Crippen LogP) is 4.11. The van der Waals surface area contributed by atoms with Gasteiger partial charge in [-0.1, -0.05) is 29.8 Å². The molecule has 0 radical (unpaired) electrons. The molecule has 1 heterocycles. The zero-order valence-electron chi connectivity index (χ0n) is 19.7. The second-order valence-electron chi connectivity index (χ2n) is 8.89. The van der Waals surface area contributed by atoms with Crippen molar-refractivity contribution in [3.8, 4) is 0 Å². The van der Waals surface area contributed by atoms with Gasteiger partial charge in [-0.3, -0.25) is 4.99 Å². The van der Waals surface area contributed by atoms with Crippen molar-refractivity contribution in [2.24, 2.45) is 10.9 Å². The number of rotatable bonds is 6. The van der Waals surface area contributed by atoms with Crippen LogP contribution in [0.15, 0.2) is 29.3 Å². The Morgan fingerprint density at radius 3 is 2.55 bits per heavy atom. The number of benzene rings is 1. The minimum Gasteiger partial charge on any atom is -0.444 e. The Labute approximate surface area is 204 Å². The Bertz CT molecular complexity index is 704. The number of guanidine groups is 1. The van der Waals surface area contributed by atoms with Crippen molar-refractivity contribution in [2.75, 3.05) is 40.3 Å². The van der Waals surface area contributed by atoms with E-state index in [4.69, 9.17) is 9.47 Å². The molecule has 2 atom stereocenters. The molecule has 1 amide bonds. The highest BCUT2D eigenvalue weighted by atomic mass is 127. The fourth-order valence-electron chi connectivity index (χ4n) is 3.40. The number of amides is 1. The SMILES string of the molecule is CN=C(NCCN(C)C(=O)OC(C)(C)C)NCC1CCCOC1c1ccc(C)cc1.I. The fourth-order valence-corrected chi connectivity index (χ4v) is 3.40. The van der Waals surface area contributed by atoms with Crippen LogP contribution in [-0.2, 0) is 9.47 Å². The van der Waals surface area contributed by atoms with Crippen molar-refractivity contribution < 1.29 is 14.3 Å². The molecule has 2 rings (SSSR count). The molecule has 1 aliphatic heterocycles. The molecule has 2 N–H and O–H groups in total. The van der Waals surface area contributed by atoms with E-state index in [1.807, 2.05) is 20.8 Å². The molecule has 1 aromatic rings. The number of ether oxygens (including phenoxy) is 2. The zero-order valence-corrected chi connectivity index (χ0v) is 22.1. The van der Waals surface area contributed by atoms with Crippen molar-refractivity contribution in [1.82, 2.24) is 15.5 Å². The van der Waals surface area contributed by atoms with Gasteiger partial charge >= 0.3 is 6.09 Å². The number of carbonyl (C=O) groups is 1. The fraction of sp³-hybridized carbons (Fsp3) is 0.652. The lowest BCUT2D eigenvalue weighted by atomic mass is 9.89. The van der Waals surface area contributed by atoms with Crippen LogP contribution in [0, 0.1) is 12.8 Å². The lowest BCUT2D eigenvalue weighted by Gasteiger charge is -2.32. The second kappa shape index (κ2) is 13.1. The maximum atomic E-state index is 12.0. The lowest BCUT2D eigenvalue weighted by molar-refractivity contribution is -0.0265. The summed E-state index contributed by atoms with van der Waals surface area (Å²) in [5.74, 6) is 1.10. The Kier molecular flexibility index (Phi) is 11.6. The molecule has 1 aromatic carbocycles. The maximum Gasteiger partial charge on any atom is 0.410 e. The number of halogens is 1. The highest BCUT2D eigenvalue weighted by molar-refractivity contribution is 14.0. The topological polar surface area (TPSA) is 75.2 Å². The summed E-state index contributed by atoms with van der Waals surface area (Å²) in [6, 6.07) is 8.61. The quantitative estimate of drug-likeness (QED) is 0.319. The van der Waals surface area contributed by atoms with Gasteiger partial charge in [0.2, 0.25) is 0 Å². The summed E-state index contributed by atoms with van der Waals surface area (Å²) in [5.41, 5.74) is 1.99. The normalized spacial score (nSPS) is 19.2. The molecule has 31 heavy (non-hydrogen) atoms. The Morgan fingerprint density at radius 2 is 1.94 bits per heavy atom. The standard InChI is InChI=1S/C23H38N4O3.HI/c1-17-9-11-18(12-10-17)20-19(8-7-15-29-20)16-26-21(24-5)25-13-14-27(6)22(28)30-23(2,3)4;/h9-12,19-20H,7-8,13-16H2,1-6H3,(H2,24,25,26);1H. The second-order valence-corrected chi connectivity index (χ2v) is 8.89. The third kappa shape index (κ3) is 9.64. The molecule has 0 saturated carbocycles. The zero-order chi connectivity index (χ0) is 22.1. The molecule has 0 aliphatic carbocycles. The average molecular weight is 546 g/mol. The molecule has 0 bridgehead atoms. The van der Waals surface area contributed by atoms with Crippen LogP contribution in [0.25, 0.3) is 0 Å². The van der Waals surface area contributed by atoms with Crippen molar-refractivity contribution in [3.05, 3.63) is 35.4 Å². The van der Waals surface area contributed by atoms with E-state index in [1.54, 1.807) is 19.0 Å². The largest absolute Gasteiger partial charge is 0.444 e. The maximum absolute atomic E-state index is 12.0. The summed E-state index contributed by atoms with van der Waals surface area (Å²) in [5, 5.41) is 6.68. The molecule has 1 fully saturated rings. The first-order valence-electron chi connectivity index (χ1n) is 10.8. The van der Waals surface area contributed by atoms with Gasteiger partial charge in [0.1, 0.15) is 5.60 Å². The molecule has 2 unspecified atom stereocenters. The predicted molar refractivity (Wildman–Crippen MR) is 136 cm³/mol. The molecule has 0 spiro atoms. The Morgan fingerprint density at radius 1 is 1.26 bits per heavy atom. The highest BCUT2D eigenvalue weighted by Crippen LogP contribution is 2.33. The molecular formula is C23H39IN4O3. The van der Waals surface area contributed by atoms with E-state index < -0.39 is 5.60 Å². The summed E-state index contributed by atoms with van der Waals surface area (Å²) in [6.07, 6.45) is 1.96. The van der Waals surface area contributed by atoms with Gasteiger partial charge in [0.15, 0.2) is 5.96 Å². The Hall–Kier alpha value is -1.55. The van der Waals surface area contributed by atoms with Gasteiger partial charge in [0, 0.05) is 46.3 Å². The number of hydrogen-bond acceptors (Lipinski definition) is 4. The smallest absolute Gasteiger partial charge is 0.410 e. The third-order valence-electron chi connectivity index (χ3n) is 5.05. The molecule has 1 saturated heterocycles. The number of nitrogens with zero attached hydrogens (tertiary/aromatic N) is 2. The van der Waals surface area contributed by atoms with Crippen LogP contribution in [0.3, 0.4) is 0 Å². The van der Waals surface area contributed by atoms with Gasteiger partial charge in [-0.15, -0.1) is 24.0 Å². The lowest BCUT2D eigenvalue weighted by Crippen LogP contribution is -2.45. The van der Waals surface area contributed by atoms with Crippen LogP contribution in [0.2, 0.25) is 0 Å². The minimum absolute atomic E-state index is 0. The average Bonchev–Trinajstić information content (AvgIpc) is 2.70. The Balaban J connectivity index is 0.00000480. The summed E-state index contributed by atoms with van der Waals surface area (Å²) in [4.78, 5) is 17.9. The first kappa shape index (κ1) is 27.5. The number of aliphatic imine (C=N–C) groups is 1. The van der Waals surface area contributed by atoms with E-state index in [0.29, 0.717) is 19.0 Å². The highest BCUT2D eigenvalue weighted by Gasteiger charge is 2.27. The van der Waals surface area contributed by atoms with Crippen molar-refractivity contribution in [1.29, 1.82) is 0 Å². The van der Waals surface area contributed by atoms with Crippen molar-refractivity contribution in [2.45, 2.75) is 52.2 Å². The van der Waals surface area contributed by atoms with E-state index in [2.05, 4.69) is 46.8 Å². The van der Waals surface area contributed by atoms with E-state index in [0.717, 1.165) is 32.0 Å². The first-order chi connectivity index (χ1) is 14.2.